The van der Waals surface area contributed by atoms with Gasteiger partial charge in [-0.05, 0) is 79.4 Å². The number of halogens is 6. The van der Waals surface area contributed by atoms with Crippen LogP contribution in [0.1, 0.15) is 24.0 Å². The van der Waals surface area contributed by atoms with Crippen molar-refractivity contribution in [1.29, 1.82) is 0 Å². The Morgan fingerprint density at radius 1 is 0.964 bits per heavy atom. The number of likely N-dealkylation sites (tertiary alicyclic amines) is 1. The summed E-state index contributed by atoms with van der Waals surface area (Å²) in [5.74, 6) is -4.98. The standard InChI is InChI=1S/C33H39F3N4O8S.C2HF3O2/c1-40(19-23-8-15-29(46-2)30(18-23)47-3)16-4-5-25(20-40)39(31(42)28(37)17-22-6-11-26(41)12-7-22)32(43)38-24-9-13-27(14-10-24)48-49(44,45)21-33(34,35)36;3-2(4,5)1(6)7/h6-15,18,25,28H,4-5,16-17,19-21,37H2,1-3H3,(H-,38,41,43);(H,6,7)/t25-,28-,40?;/m0./s1. The van der Waals surface area contributed by atoms with E-state index in [1.807, 2.05) is 25.2 Å². The molecule has 1 saturated heterocycles. The van der Waals surface area contributed by atoms with Gasteiger partial charge in [0.05, 0.1) is 39.9 Å². The number of carboxylic acid groups (broad SMARTS) is 1. The van der Waals surface area contributed by atoms with Gasteiger partial charge in [0, 0.05) is 11.3 Å². The van der Waals surface area contributed by atoms with Crippen LogP contribution >= 0.6 is 0 Å². The Hall–Kier alpha value is -5.28. The summed E-state index contributed by atoms with van der Waals surface area (Å²) in [6, 6.07) is 14.0. The number of carboxylic acids is 1. The number of amides is 3. The molecule has 21 heteroatoms. The van der Waals surface area contributed by atoms with Gasteiger partial charge in [0.1, 0.15) is 30.6 Å². The zero-order valence-electron chi connectivity index (χ0n) is 30.2. The Balaban J connectivity index is 0.00000109. The molecule has 0 saturated carbocycles. The third-order valence-corrected chi connectivity index (χ3v) is 9.46. The number of alkyl halides is 6. The lowest BCUT2D eigenvalue weighted by Gasteiger charge is -2.44. The molecule has 308 valence electrons. The minimum atomic E-state index is -5.19. The Labute approximate surface area is 318 Å². The van der Waals surface area contributed by atoms with Crippen LogP contribution in [0.25, 0.3) is 0 Å². The number of nitrogens with zero attached hydrogens (tertiary/aromatic N) is 2. The first kappa shape index (κ1) is 45.1. The summed E-state index contributed by atoms with van der Waals surface area (Å²) in [5, 5.41) is 21.1. The second kappa shape index (κ2) is 18.6. The molecule has 0 spiro atoms. The maximum Gasteiger partial charge on any atom is 0.430 e. The molecule has 0 aromatic heterocycles. The van der Waals surface area contributed by atoms with Crippen LogP contribution < -0.4 is 29.8 Å². The smallest absolute Gasteiger partial charge is 0.430 e. The van der Waals surface area contributed by atoms with E-state index in [1.165, 1.54) is 24.3 Å². The Kier molecular flexibility index (Phi) is 15.0. The number of carbonyl (C=O) groups is 3. The zero-order chi connectivity index (χ0) is 42.1. The van der Waals surface area contributed by atoms with Gasteiger partial charge in [-0.2, -0.15) is 34.8 Å². The number of benzene rings is 3. The van der Waals surface area contributed by atoms with E-state index in [4.69, 9.17) is 25.1 Å². The highest BCUT2D eigenvalue weighted by molar-refractivity contribution is 7.87. The molecule has 1 unspecified atom stereocenters. The molecule has 1 aliphatic rings. The number of hydrogen-bond donors (Lipinski definition) is 3. The van der Waals surface area contributed by atoms with Gasteiger partial charge >= 0.3 is 28.5 Å². The molecule has 1 aliphatic heterocycles. The number of phenols is 1. The molecular formula is C35H40F6N4O10S. The fraction of sp³-hybridized carbons (Fsp3) is 0.400. The minimum Gasteiger partial charge on any atom is -0.542 e. The fourth-order valence-corrected chi connectivity index (χ4v) is 6.79. The molecule has 4 N–H and O–H groups in total. The van der Waals surface area contributed by atoms with E-state index in [1.54, 1.807) is 26.4 Å². The van der Waals surface area contributed by atoms with E-state index >= 15 is 0 Å². The molecule has 14 nitrogen and oxygen atoms in total. The number of quaternary nitrogens is 1. The molecule has 3 atom stereocenters. The Bertz CT molecular complexity index is 1930. The molecule has 1 fully saturated rings. The Morgan fingerprint density at radius 3 is 2.07 bits per heavy atom. The molecule has 1 heterocycles. The lowest BCUT2D eigenvalue weighted by atomic mass is 9.98. The number of aromatic hydroxyl groups is 1. The number of imide groups is 1. The Morgan fingerprint density at radius 2 is 1.54 bits per heavy atom. The molecule has 0 bridgehead atoms. The van der Waals surface area contributed by atoms with Crippen molar-refractivity contribution < 1.29 is 77.5 Å². The number of methoxy groups -OCH3 is 2. The predicted octanol–water partition coefficient (Wildman–Crippen LogP) is 3.72. The molecule has 0 radical (unpaired) electrons. The summed E-state index contributed by atoms with van der Waals surface area (Å²) in [6.07, 6.45) is -8.89. The predicted molar refractivity (Wildman–Crippen MR) is 186 cm³/mol. The second-order valence-electron chi connectivity index (χ2n) is 13.0. The van der Waals surface area contributed by atoms with E-state index in [0.29, 0.717) is 47.5 Å². The van der Waals surface area contributed by atoms with Crippen LogP contribution in [0.4, 0.5) is 36.8 Å². The summed E-state index contributed by atoms with van der Waals surface area (Å²) < 4.78 is 109. The quantitative estimate of drug-likeness (QED) is 0.137. The number of carbonyl (C=O) groups excluding carboxylic acids is 3. The number of aliphatic carboxylic acids is 1. The van der Waals surface area contributed by atoms with Crippen LogP contribution in [-0.4, -0.2) is 105 Å². The van der Waals surface area contributed by atoms with E-state index in [0.717, 1.165) is 29.1 Å². The molecule has 3 amide bonds. The third kappa shape index (κ3) is 13.8. The number of rotatable bonds is 12. The lowest BCUT2D eigenvalue weighted by molar-refractivity contribution is -0.928. The van der Waals surface area contributed by atoms with Gasteiger partial charge in [-0.25, -0.2) is 4.79 Å². The normalized spacial score (nSPS) is 17.7. The maximum absolute atomic E-state index is 14.0. The minimum absolute atomic E-state index is 0.0489. The highest BCUT2D eigenvalue weighted by Crippen LogP contribution is 2.31. The van der Waals surface area contributed by atoms with Gasteiger partial charge in [0.2, 0.25) is 5.91 Å². The number of piperidine rings is 1. The summed E-state index contributed by atoms with van der Waals surface area (Å²) in [6.45, 7) is 1.74. The number of anilines is 1. The van der Waals surface area contributed by atoms with Gasteiger partial charge in [0.25, 0.3) is 0 Å². The van der Waals surface area contributed by atoms with Gasteiger partial charge in [-0.15, -0.1) is 0 Å². The summed E-state index contributed by atoms with van der Waals surface area (Å²) in [7, 11) is 0.179. The summed E-state index contributed by atoms with van der Waals surface area (Å²) >= 11 is 0. The van der Waals surface area contributed by atoms with Crippen molar-refractivity contribution in [2.45, 2.75) is 50.2 Å². The molecule has 4 rings (SSSR count). The number of nitrogens with two attached hydrogens (primary N) is 1. The van der Waals surface area contributed by atoms with Gasteiger partial charge < -0.3 is 44.2 Å². The van der Waals surface area contributed by atoms with Crippen molar-refractivity contribution in [3.05, 3.63) is 77.9 Å². The van der Waals surface area contributed by atoms with Crippen LogP contribution in [0.2, 0.25) is 0 Å². The first-order valence-electron chi connectivity index (χ1n) is 16.5. The van der Waals surface area contributed by atoms with E-state index in [9.17, 15) is 49.5 Å². The van der Waals surface area contributed by atoms with E-state index in [2.05, 4.69) is 9.50 Å². The number of nitrogens with one attached hydrogen (secondary N) is 1. The molecule has 3 aromatic carbocycles. The van der Waals surface area contributed by atoms with Crippen molar-refractivity contribution in [2.24, 2.45) is 5.73 Å². The number of hydrogen-bond acceptors (Lipinski definition) is 11. The summed E-state index contributed by atoms with van der Waals surface area (Å²) in [4.78, 5) is 37.7. The monoisotopic (exact) mass is 822 g/mol. The van der Waals surface area contributed by atoms with Crippen molar-refractivity contribution in [1.82, 2.24) is 4.90 Å². The van der Waals surface area contributed by atoms with Crippen LogP contribution in [0.3, 0.4) is 0 Å². The molecule has 56 heavy (non-hydrogen) atoms. The maximum atomic E-state index is 14.0. The van der Waals surface area contributed by atoms with Crippen molar-refractivity contribution >= 4 is 33.7 Å². The number of likely N-dealkylation sites (N-methyl/N-ethyl adjacent to an activating group) is 1. The van der Waals surface area contributed by atoms with Crippen LogP contribution in [-0.2, 0) is 32.7 Å². The summed E-state index contributed by atoms with van der Waals surface area (Å²) in [5.41, 5.74) is 8.15. The third-order valence-electron chi connectivity index (χ3n) is 8.33. The first-order chi connectivity index (χ1) is 25.9. The lowest BCUT2D eigenvalue weighted by Crippen LogP contribution is -2.62. The topological polar surface area (TPSA) is 198 Å². The highest BCUT2D eigenvalue weighted by Gasteiger charge is 2.41. The number of urea groups is 1. The van der Waals surface area contributed by atoms with Gasteiger partial charge in [-0.1, -0.05) is 12.1 Å². The first-order valence-corrected chi connectivity index (χ1v) is 18.1. The highest BCUT2D eigenvalue weighted by atomic mass is 32.2. The van der Waals surface area contributed by atoms with Crippen LogP contribution in [0, 0.1) is 0 Å². The molecular weight excluding hydrogens is 782 g/mol. The van der Waals surface area contributed by atoms with Gasteiger partial charge in [0.15, 0.2) is 17.3 Å². The SMILES string of the molecule is COc1ccc(C[N+]2(C)CCC[C@H](N(C(=O)Nc3ccc(OS(=O)(=O)CC(F)(F)F)cc3)C(=O)[C@@H](N)Cc3ccc(O)cc3)C2)cc1OC.O=C([O-])C(F)(F)F. The van der Waals surface area contributed by atoms with Crippen LogP contribution in [0.5, 0.6) is 23.0 Å². The molecule has 0 aliphatic carbocycles. The van der Waals surface area contributed by atoms with Crippen LogP contribution in [0.15, 0.2) is 66.7 Å². The number of phenolic OH excluding ortho intramolecular Hbond substituents is 1. The number of ether oxygens (including phenoxy) is 2. The largest absolute Gasteiger partial charge is 0.542 e. The molecule has 3 aromatic rings. The zero-order valence-corrected chi connectivity index (χ0v) is 31.0. The van der Waals surface area contributed by atoms with E-state index in [-0.39, 0.29) is 23.6 Å². The van der Waals surface area contributed by atoms with Crippen molar-refractivity contribution in [3.8, 4) is 23.0 Å². The van der Waals surface area contributed by atoms with E-state index < -0.39 is 58.2 Å². The average molecular weight is 823 g/mol. The second-order valence-corrected chi connectivity index (χ2v) is 14.6. The van der Waals surface area contributed by atoms with Crippen molar-refractivity contribution in [2.75, 3.05) is 45.4 Å². The average Bonchev–Trinajstić information content (AvgIpc) is 3.08. The fourth-order valence-electron chi connectivity index (χ4n) is 5.93. The van der Waals surface area contributed by atoms with Crippen molar-refractivity contribution in [3.63, 3.8) is 0 Å². The van der Waals surface area contributed by atoms with Gasteiger partial charge in [-0.3, -0.25) is 9.69 Å².